The van der Waals surface area contributed by atoms with Gasteiger partial charge >= 0.3 is 0 Å². The van der Waals surface area contributed by atoms with Gasteiger partial charge in [0.05, 0.1) is 6.54 Å². The van der Waals surface area contributed by atoms with Crippen molar-refractivity contribution in [3.63, 3.8) is 0 Å². The zero-order valence-corrected chi connectivity index (χ0v) is 12.8. The van der Waals surface area contributed by atoms with Crippen LogP contribution < -0.4 is 16.0 Å². The molecule has 0 aromatic heterocycles. The molecule has 118 valence electrons. The number of amides is 3. The van der Waals surface area contributed by atoms with Crippen molar-refractivity contribution >= 4 is 29.3 Å². The number of carbonyl (C=O) groups is 3. The lowest BCUT2D eigenvalue weighted by Crippen LogP contribution is -2.39. The quantitative estimate of drug-likeness (QED) is 0.695. The summed E-state index contributed by atoms with van der Waals surface area (Å²) in [6, 6.07) is 6.76. The monoisotopic (exact) mass is 323 g/mol. The Labute approximate surface area is 133 Å². The highest BCUT2D eigenvalue weighted by Gasteiger charge is 2.23. The number of rotatable bonds is 7. The van der Waals surface area contributed by atoms with Crippen LogP contribution in [-0.2, 0) is 9.59 Å². The molecule has 22 heavy (non-hydrogen) atoms. The van der Waals surface area contributed by atoms with Gasteiger partial charge in [-0.05, 0) is 37.1 Å². The van der Waals surface area contributed by atoms with Crippen molar-refractivity contribution in [2.75, 3.05) is 13.1 Å². The SMILES string of the molecule is O=C(CCNC(=O)c1ccc(Cl)cc1)NCC(=O)NC1CC1. The normalized spacial score (nSPS) is 13.3. The maximum atomic E-state index is 11.8. The summed E-state index contributed by atoms with van der Waals surface area (Å²) >= 11 is 5.74. The number of carbonyl (C=O) groups excluding carboxylic acids is 3. The van der Waals surface area contributed by atoms with E-state index in [0.717, 1.165) is 12.8 Å². The molecule has 0 unspecified atom stereocenters. The number of halogens is 1. The Morgan fingerprint density at radius 2 is 1.73 bits per heavy atom. The second-order valence-electron chi connectivity index (χ2n) is 5.13. The van der Waals surface area contributed by atoms with Crippen LogP contribution in [0.5, 0.6) is 0 Å². The maximum absolute atomic E-state index is 11.8. The molecule has 6 nitrogen and oxygen atoms in total. The summed E-state index contributed by atoms with van der Waals surface area (Å²) in [6.45, 7) is 0.179. The molecular weight excluding hydrogens is 306 g/mol. The minimum atomic E-state index is -0.276. The van der Waals surface area contributed by atoms with Crippen LogP contribution in [0.3, 0.4) is 0 Å². The molecule has 1 aromatic carbocycles. The van der Waals surface area contributed by atoms with Gasteiger partial charge in [0, 0.05) is 29.6 Å². The van der Waals surface area contributed by atoms with E-state index in [1.54, 1.807) is 24.3 Å². The van der Waals surface area contributed by atoms with E-state index in [-0.39, 0.29) is 43.3 Å². The van der Waals surface area contributed by atoms with E-state index in [0.29, 0.717) is 10.6 Å². The van der Waals surface area contributed by atoms with Crippen molar-refractivity contribution in [1.82, 2.24) is 16.0 Å². The minimum Gasteiger partial charge on any atom is -0.352 e. The average Bonchev–Trinajstić information content (AvgIpc) is 3.29. The Kier molecular flexibility index (Phi) is 5.77. The summed E-state index contributed by atoms with van der Waals surface area (Å²) in [6.07, 6.45) is 2.14. The molecule has 1 aliphatic rings. The third kappa shape index (κ3) is 5.73. The van der Waals surface area contributed by atoms with Gasteiger partial charge in [-0.2, -0.15) is 0 Å². The molecule has 0 radical (unpaired) electrons. The third-order valence-electron chi connectivity index (χ3n) is 3.13. The fourth-order valence-corrected chi connectivity index (χ4v) is 1.89. The summed E-state index contributed by atoms with van der Waals surface area (Å²) in [4.78, 5) is 34.7. The van der Waals surface area contributed by atoms with Gasteiger partial charge < -0.3 is 16.0 Å². The average molecular weight is 324 g/mol. The lowest BCUT2D eigenvalue weighted by Gasteiger charge is -2.07. The van der Waals surface area contributed by atoms with Crippen molar-refractivity contribution in [2.24, 2.45) is 0 Å². The summed E-state index contributed by atoms with van der Waals surface area (Å²) in [5.74, 6) is -0.723. The first-order chi connectivity index (χ1) is 10.5. The summed E-state index contributed by atoms with van der Waals surface area (Å²) in [5.41, 5.74) is 0.480. The minimum absolute atomic E-state index is 0.0273. The fraction of sp³-hybridized carbons (Fsp3) is 0.400. The van der Waals surface area contributed by atoms with E-state index in [2.05, 4.69) is 16.0 Å². The van der Waals surface area contributed by atoms with Crippen molar-refractivity contribution < 1.29 is 14.4 Å². The molecular formula is C15H18ClN3O3. The van der Waals surface area contributed by atoms with E-state index >= 15 is 0 Å². The zero-order valence-electron chi connectivity index (χ0n) is 12.0. The van der Waals surface area contributed by atoms with Crippen LogP contribution in [0.4, 0.5) is 0 Å². The molecule has 0 spiro atoms. The zero-order chi connectivity index (χ0) is 15.9. The molecule has 3 amide bonds. The van der Waals surface area contributed by atoms with E-state index < -0.39 is 0 Å². The highest BCUT2D eigenvalue weighted by atomic mass is 35.5. The molecule has 0 bridgehead atoms. The van der Waals surface area contributed by atoms with Crippen LogP contribution in [0.2, 0.25) is 5.02 Å². The lowest BCUT2D eigenvalue weighted by molar-refractivity contribution is -0.126. The van der Waals surface area contributed by atoms with E-state index in [9.17, 15) is 14.4 Å². The summed E-state index contributed by atoms with van der Waals surface area (Å²) < 4.78 is 0. The predicted molar refractivity (Wildman–Crippen MR) is 82.6 cm³/mol. The number of benzene rings is 1. The van der Waals surface area contributed by atoms with E-state index in [4.69, 9.17) is 11.6 Å². The van der Waals surface area contributed by atoms with Crippen LogP contribution in [0.1, 0.15) is 29.6 Å². The Balaban J connectivity index is 1.60. The van der Waals surface area contributed by atoms with Gasteiger partial charge in [-0.25, -0.2) is 0 Å². The number of hydrogen-bond donors (Lipinski definition) is 3. The largest absolute Gasteiger partial charge is 0.352 e. The lowest BCUT2D eigenvalue weighted by atomic mass is 10.2. The van der Waals surface area contributed by atoms with Crippen molar-refractivity contribution in [1.29, 1.82) is 0 Å². The smallest absolute Gasteiger partial charge is 0.251 e. The molecule has 0 heterocycles. The number of nitrogens with one attached hydrogen (secondary N) is 3. The van der Waals surface area contributed by atoms with Gasteiger partial charge in [0.15, 0.2) is 0 Å². The first-order valence-corrected chi connectivity index (χ1v) is 7.52. The maximum Gasteiger partial charge on any atom is 0.251 e. The van der Waals surface area contributed by atoms with Crippen LogP contribution in [0, 0.1) is 0 Å². The Bertz CT molecular complexity index is 556. The highest BCUT2D eigenvalue weighted by Crippen LogP contribution is 2.18. The summed E-state index contributed by atoms with van der Waals surface area (Å²) in [7, 11) is 0. The third-order valence-corrected chi connectivity index (χ3v) is 3.38. The van der Waals surface area contributed by atoms with Crippen LogP contribution in [0.25, 0.3) is 0 Å². The molecule has 0 aliphatic heterocycles. The fourth-order valence-electron chi connectivity index (χ4n) is 1.77. The molecule has 2 rings (SSSR count). The van der Waals surface area contributed by atoms with Gasteiger partial charge in [0.2, 0.25) is 11.8 Å². The second-order valence-corrected chi connectivity index (χ2v) is 5.57. The van der Waals surface area contributed by atoms with E-state index in [1.165, 1.54) is 0 Å². The van der Waals surface area contributed by atoms with Crippen LogP contribution >= 0.6 is 11.6 Å². The van der Waals surface area contributed by atoms with Crippen molar-refractivity contribution in [3.05, 3.63) is 34.9 Å². The molecule has 7 heteroatoms. The first kappa shape index (κ1) is 16.3. The van der Waals surface area contributed by atoms with Gasteiger partial charge in [-0.15, -0.1) is 0 Å². The molecule has 1 saturated carbocycles. The molecule has 3 N–H and O–H groups in total. The predicted octanol–water partition coefficient (Wildman–Crippen LogP) is 0.855. The number of hydrogen-bond acceptors (Lipinski definition) is 3. The van der Waals surface area contributed by atoms with Gasteiger partial charge in [0.25, 0.3) is 5.91 Å². The molecule has 1 aromatic rings. The first-order valence-electron chi connectivity index (χ1n) is 7.14. The standard InChI is InChI=1S/C15H18ClN3O3/c16-11-3-1-10(2-4-11)15(22)17-8-7-13(20)18-9-14(21)19-12-5-6-12/h1-4,12H,5-9H2,(H,17,22)(H,18,20)(H,19,21). The Morgan fingerprint density at radius 3 is 2.36 bits per heavy atom. The van der Waals surface area contributed by atoms with Gasteiger partial charge in [-0.1, -0.05) is 11.6 Å². The van der Waals surface area contributed by atoms with Crippen LogP contribution in [-0.4, -0.2) is 36.9 Å². The van der Waals surface area contributed by atoms with Crippen molar-refractivity contribution in [3.8, 4) is 0 Å². The van der Waals surface area contributed by atoms with Crippen molar-refractivity contribution in [2.45, 2.75) is 25.3 Å². The molecule has 0 atom stereocenters. The Hall–Kier alpha value is -2.08. The van der Waals surface area contributed by atoms with Gasteiger partial charge in [0.1, 0.15) is 0 Å². The topological polar surface area (TPSA) is 87.3 Å². The molecule has 1 fully saturated rings. The van der Waals surface area contributed by atoms with Gasteiger partial charge in [-0.3, -0.25) is 14.4 Å². The van der Waals surface area contributed by atoms with E-state index in [1.807, 2.05) is 0 Å². The Morgan fingerprint density at radius 1 is 1.05 bits per heavy atom. The molecule has 0 saturated heterocycles. The second kappa shape index (κ2) is 7.79. The summed E-state index contributed by atoms with van der Waals surface area (Å²) in [5, 5.41) is 8.48. The van der Waals surface area contributed by atoms with Crippen LogP contribution in [0.15, 0.2) is 24.3 Å². The highest BCUT2D eigenvalue weighted by molar-refractivity contribution is 6.30. The molecule has 1 aliphatic carbocycles.